The normalized spacial score (nSPS) is 12.3. The van der Waals surface area contributed by atoms with E-state index in [1.165, 1.54) is 16.9 Å². The van der Waals surface area contributed by atoms with Gasteiger partial charge in [-0.3, -0.25) is 0 Å². The molecular weight excluding hydrogens is 245 g/mol. The van der Waals surface area contributed by atoms with Crippen LogP contribution >= 0.6 is 0 Å². The van der Waals surface area contributed by atoms with Crippen LogP contribution in [0.1, 0.15) is 19.5 Å². The van der Waals surface area contributed by atoms with E-state index in [2.05, 4.69) is 15.4 Å². The van der Waals surface area contributed by atoms with E-state index in [0.717, 1.165) is 6.07 Å². The molecule has 0 unspecified atom stereocenters. The molecule has 0 aliphatic carbocycles. The molecule has 2 rings (SSSR count). The van der Waals surface area contributed by atoms with E-state index >= 15 is 0 Å². The lowest BCUT2D eigenvalue weighted by Gasteiger charge is -2.08. The van der Waals surface area contributed by atoms with Gasteiger partial charge in [-0.1, -0.05) is 13.8 Å². The van der Waals surface area contributed by atoms with Crippen molar-refractivity contribution in [2.75, 3.05) is 11.9 Å². The maximum Gasteiger partial charge on any atom is 0.435 e. The lowest BCUT2D eigenvalue weighted by molar-refractivity contribution is -0.141. The van der Waals surface area contributed by atoms with Crippen LogP contribution in [0, 0.1) is 5.92 Å². The lowest BCUT2D eigenvalue weighted by atomic mass is 10.2. The summed E-state index contributed by atoms with van der Waals surface area (Å²) in [6, 6.07) is 0.996. The molecule has 0 aliphatic rings. The Morgan fingerprint density at radius 3 is 2.72 bits per heavy atom. The molecule has 7 heteroatoms. The van der Waals surface area contributed by atoms with Gasteiger partial charge < -0.3 is 5.32 Å². The monoisotopic (exact) mass is 258 g/mol. The first-order chi connectivity index (χ1) is 8.38. The van der Waals surface area contributed by atoms with E-state index in [1.54, 1.807) is 0 Å². The number of hydrogen-bond acceptors (Lipinski definition) is 3. The zero-order valence-corrected chi connectivity index (χ0v) is 9.99. The third kappa shape index (κ3) is 2.55. The van der Waals surface area contributed by atoms with Gasteiger partial charge in [-0.25, -0.2) is 9.50 Å². The largest absolute Gasteiger partial charge is 0.435 e. The second kappa shape index (κ2) is 4.47. The summed E-state index contributed by atoms with van der Waals surface area (Å²) in [6.45, 7) is 4.65. The first-order valence-electron chi connectivity index (χ1n) is 5.53. The van der Waals surface area contributed by atoms with Gasteiger partial charge in [0.25, 0.3) is 0 Å². The molecular formula is C11H13F3N4. The highest BCUT2D eigenvalue weighted by atomic mass is 19.4. The third-order valence-electron chi connectivity index (χ3n) is 2.36. The molecule has 4 nitrogen and oxygen atoms in total. The van der Waals surface area contributed by atoms with Crippen LogP contribution in [0.25, 0.3) is 5.52 Å². The Balaban J connectivity index is 2.39. The van der Waals surface area contributed by atoms with Gasteiger partial charge in [-0.05, 0) is 5.92 Å². The molecule has 0 bridgehead atoms. The number of alkyl halides is 3. The summed E-state index contributed by atoms with van der Waals surface area (Å²) in [7, 11) is 0. The van der Waals surface area contributed by atoms with Crippen molar-refractivity contribution >= 4 is 11.3 Å². The van der Waals surface area contributed by atoms with Gasteiger partial charge in [0.2, 0.25) is 0 Å². The van der Waals surface area contributed by atoms with Gasteiger partial charge in [0.1, 0.15) is 5.52 Å². The van der Waals surface area contributed by atoms with Crippen LogP contribution < -0.4 is 5.32 Å². The number of fused-ring (bicyclic) bond motifs is 1. The highest BCUT2D eigenvalue weighted by Gasteiger charge is 2.34. The summed E-state index contributed by atoms with van der Waals surface area (Å²) in [6.07, 6.45) is -1.63. The Morgan fingerprint density at radius 1 is 1.39 bits per heavy atom. The molecule has 0 fully saturated rings. The number of halogens is 3. The summed E-state index contributed by atoms with van der Waals surface area (Å²) in [5.74, 6) is 0.784. The van der Waals surface area contributed by atoms with Gasteiger partial charge in [0.05, 0.1) is 0 Å². The molecule has 0 saturated heterocycles. The molecule has 98 valence electrons. The molecule has 0 aromatic carbocycles. The van der Waals surface area contributed by atoms with Crippen molar-refractivity contribution in [1.29, 1.82) is 0 Å². The molecule has 0 amide bonds. The molecule has 0 spiro atoms. The highest BCUT2D eigenvalue weighted by Crippen LogP contribution is 2.29. The second-order valence-electron chi connectivity index (χ2n) is 4.41. The average Bonchev–Trinajstić information content (AvgIpc) is 2.69. The van der Waals surface area contributed by atoms with Gasteiger partial charge in [-0.2, -0.15) is 18.3 Å². The summed E-state index contributed by atoms with van der Waals surface area (Å²) >= 11 is 0. The Labute approximate surface area is 102 Å². The summed E-state index contributed by atoms with van der Waals surface area (Å²) in [5, 5.41) is 6.50. The first-order valence-corrected chi connectivity index (χ1v) is 5.53. The zero-order valence-electron chi connectivity index (χ0n) is 9.99. The fraction of sp³-hybridized carbons (Fsp3) is 0.455. The Hall–Kier alpha value is -1.79. The van der Waals surface area contributed by atoms with Crippen LogP contribution in [0.15, 0.2) is 18.5 Å². The van der Waals surface area contributed by atoms with Gasteiger partial charge in [0.15, 0.2) is 11.5 Å². The maximum atomic E-state index is 12.6. The van der Waals surface area contributed by atoms with E-state index < -0.39 is 11.9 Å². The SMILES string of the molecule is CC(C)CNc1nccn2nc(C(F)(F)F)cc12. The van der Waals surface area contributed by atoms with Crippen LogP contribution in [0.5, 0.6) is 0 Å². The van der Waals surface area contributed by atoms with Crippen LogP contribution in [0.3, 0.4) is 0 Å². The quantitative estimate of drug-likeness (QED) is 0.920. The van der Waals surface area contributed by atoms with Crippen molar-refractivity contribution < 1.29 is 13.2 Å². The number of aromatic nitrogens is 3. The molecule has 0 atom stereocenters. The minimum absolute atomic E-state index is 0.325. The third-order valence-corrected chi connectivity index (χ3v) is 2.36. The van der Waals surface area contributed by atoms with Crippen molar-refractivity contribution in [3.8, 4) is 0 Å². The number of anilines is 1. The van der Waals surface area contributed by atoms with Crippen LogP contribution in [-0.2, 0) is 6.18 Å². The van der Waals surface area contributed by atoms with Crippen LogP contribution in [-0.4, -0.2) is 21.1 Å². The van der Waals surface area contributed by atoms with E-state index in [1.807, 2.05) is 13.8 Å². The van der Waals surface area contributed by atoms with Crippen molar-refractivity contribution in [3.63, 3.8) is 0 Å². The number of rotatable bonds is 3. The summed E-state index contributed by atoms with van der Waals surface area (Å²) in [5.41, 5.74) is -0.589. The Morgan fingerprint density at radius 2 is 2.11 bits per heavy atom. The minimum Gasteiger partial charge on any atom is -0.368 e. The van der Waals surface area contributed by atoms with Crippen LogP contribution in [0.2, 0.25) is 0 Å². The van der Waals surface area contributed by atoms with Gasteiger partial charge in [0, 0.05) is 25.0 Å². The standard InChI is InChI=1S/C11H13F3N4/c1-7(2)6-16-10-8-5-9(11(12,13)14)17-18(8)4-3-15-10/h3-5,7H,6H2,1-2H3,(H,15,16). The van der Waals surface area contributed by atoms with E-state index in [9.17, 15) is 13.2 Å². The molecule has 2 heterocycles. The molecule has 0 saturated carbocycles. The topological polar surface area (TPSA) is 42.2 Å². The summed E-state index contributed by atoms with van der Waals surface area (Å²) < 4.78 is 38.8. The van der Waals surface area contributed by atoms with E-state index in [-0.39, 0.29) is 0 Å². The molecule has 2 aromatic heterocycles. The van der Waals surface area contributed by atoms with Gasteiger partial charge in [-0.15, -0.1) is 0 Å². The van der Waals surface area contributed by atoms with Crippen molar-refractivity contribution in [2.45, 2.75) is 20.0 Å². The Kier molecular flexibility index (Phi) is 3.14. The molecule has 0 aliphatic heterocycles. The fourth-order valence-corrected chi connectivity index (χ4v) is 1.50. The number of nitrogens with zero attached hydrogens (tertiary/aromatic N) is 3. The summed E-state index contributed by atoms with van der Waals surface area (Å²) in [4.78, 5) is 4.03. The molecule has 1 N–H and O–H groups in total. The van der Waals surface area contributed by atoms with Gasteiger partial charge >= 0.3 is 6.18 Å². The Bertz CT molecular complexity index is 545. The average molecular weight is 258 g/mol. The zero-order chi connectivity index (χ0) is 13.3. The molecule has 18 heavy (non-hydrogen) atoms. The predicted octanol–water partition coefficient (Wildman–Crippen LogP) is 2.82. The maximum absolute atomic E-state index is 12.6. The van der Waals surface area contributed by atoms with E-state index in [0.29, 0.717) is 23.8 Å². The lowest BCUT2D eigenvalue weighted by Crippen LogP contribution is -2.10. The molecule has 0 radical (unpaired) electrons. The second-order valence-corrected chi connectivity index (χ2v) is 4.41. The number of nitrogens with one attached hydrogen (secondary N) is 1. The smallest absolute Gasteiger partial charge is 0.368 e. The first kappa shape index (κ1) is 12.7. The van der Waals surface area contributed by atoms with E-state index in [4.69, 9.17) is 0 Å². The van der Waals surface area contributed by atoms with Crippen molar-refractivity contribution in [2.24, 2.45) is 5.92 Å². The fourth-order valence-electron chi connectivity index (χ4n) is 1.50. The highest BCUT2D eigenvalue weighted by molar-refractivity contribution is 5.67. The number of hydrogen-bond donors (Lipinski definition) is 1. The molecule has 2 aromatic rings. The van der Waals surface area contributed by atoms with Crippen molar-refractivity contribution in [3.05, 3.63) is 24.2 Å². The predicted molar refractivity (Wildman–Crippen MR) is 61.3 cm³/mol. The minimum atomic E-state index is -4.44. The van der Waals surface area contributed by atoms with Crippen molar-refractivity contribution in [1.82, 2.24) is 14.6 Å². The van der Waals surface area contributed by atoms with Crippen LogP contribution in [0.4, 0.5) is 19.0 Å².